The van der Waals surface area contributed by atoms with E-state index in [9.17, 15) is 19.1 Å². The molecule has 0 saturated heterocycles. The van der Waals surface area contributed by atoms with Gasteiger partial charge in [-0.3, -0.25) is 9.59 Å². The lowest BCUT2D eigenvalue weighted by Crippen LogP contribution is -2.45. The second kappa shape index (κ2) is 9.76. The Morgan fingerprint density at radius 2 is 1.83 bits per heavy atom. The monoisotopic (exact) mass is 554 g/mol. The normalized spacial score (nSPS) is 12.8. The van der Waals surface area contributed by atoms with Crippen LogP contribution < -0.4 is 5.32 Å². The molecule has 0 aliphatic rings. The van der Waals surface area contributed by atoms with Gasteiger partial charge < -0.3 is 10.4 Å². The van der Waals surface area contributed by atoms with E-state index in [0.29, 0.717) is 27.7 Å². The van der Waals surface area contributed by atoms with Gasteiger partial charge in [0.15, 0.2) is 0 Å². The van der Waals surface area contributed by atoms with Crippen LogP contribution in [0.4, 0.5) is 4.39 Å². The highest BCUT2D eigenvalue weighted by Gasteiger charge is 2.40. The van der Waals surface area contributed by atoms with Crippen LogP contribution in [0, 0.1) is 12.7 Å². The quantitative estimate of drug-likeness (QED) is 0.283. The number of carbonyl (C=O) groups excluding carboxylic acids is 1. The molecule has 0 aliphatic carbocycles. The molecule has 1 heterocycles. The number of benzene rings is 3. The molecule has 178 valence electrons. The van der Waals surface area contributed by atoms with Crippen molar-refractivity contribution in [2.75, 3.05) is 6.54 Å². The first-order chi connectivity index (χ1) is 16.6. The molecule has 0 bridgehead atoms. The molecule has 1 aromatic heterocycles. The zero-order chi connectivity index (χ0) is 25.3. The number of fused-ring (bicyclic) bond motifs is 1. The molecule has 0 saturated carbocycles. The first kappa shape index (κ1) is 24.8. The second-order valence-corrected chi connectivity index (χ2v) is 9.73. The molecule has 0 unspecified atom stereocenters. The van der Waals surface area contributed by atoms with Crippen LogP contribution in [-0.2, 0) is 10.2 Å². The van der Waals surface area contributed by atoms with E-state index in [1.807, 2.05) is 42.5 Å². The Bertz CT molecular complexity index is 1440. The van der Waals surface area contributed by atoms with Crippen molar-refractivity contribution in [2.24, 2.45) is 0 Å². The highest BCUT2D eigenvalue weighted by molar-refractivity contribution is 9.10. The fourth-order valence-corrected chi connectivity index (χ4v) is 4.87. The maximum Gasteiger partial charge on any atom is 0.315 e. The molecule has 1 atom stereocenters. The van der Waals surface area contributed by atoms with Crippen molar-refractivity contribution in [1.82, 2.24) is 10.3 Å². The minimum Gasteiger partial charge on any atom is -0.481 e. The number of amides is 1. The van der Waals surface area contributed by atoms with E-state index in [1.54, 1.807) is 13.0 Å². The average Bonchev–Trinajstić information content (AvgIpc) is 2.82. The van der Waals surface area contributed by atoms with Crippen LogP contribution in [0.15, 0.2) is 71.2 Å². The number of aromatic nitrogens is 1. The number of carboxylic acids is 1. The number of halogens is 3. The largest absolute Gasteiger partial charge is 0.481 e. The molecule has 0 aliphatic heterocycles. The van der Waals surface area contributed by atoms with E-state index in [0.717, 1.165) is 16.1 Å². The predicted octanol–water partition coefficient (Wildman–Crippen LogP) is 6.54. The van der Waals surface area contributed by atoms with E-state index in [2.05, 4.69) is 21.2 Å². The Morgan fingerprint density at radius 3 is 2.49 bits per heavy atom. The summed E-state index contributed by atoms with van der Waals surface area (Å²) in [5.74, 6) is -2.56. The van der Waals surface area contributed by atoms with Gasteiger partial charge in [0, 0.05) is 32.6 Å². The van der Waals surface area contributed by atoms with Crippen LogP contribution in [-0.4, -0.2) is 28.5 Å². The lowest BCUT2D eigenvalue weighted by Gasteiger charge is -2.27. The van der Waals surface area contributed by atoms with Gasteiger partial charge in [-0.1, -0.05) is 63.9 Å². The number of pyridine rings is 1. The summed E-state index contributed by atoms with van der Waals surface area (Å²) in [6.07, 6.45) is 0. The standard InChI is InChI=1S/C27H21BrClFN2O3/c1-15-22(18-13-17(28)11-12-21(18)32-24(15)16-7-4-3-5-8-16)25(33)31-14-27(2,26(34)35)23-19(29)9-6-10-20(23)30/h3-13H,14H2,1-2H3,(H,31,33)(H,34,35)/t27-/m0/s1. The number of hydrogen-bond acceptors (Lipinski definition) is 3. The average molecular weight is 556 g/mol. The Hall–Kier alpha value is -3.29. The molecule has 2 N–H and O–H groups in total. The molecule has 4 rings (SSSR count). The van der Waals surface area contributed by atoms with Gasteiger partial charge in [0.25, 0.3) is 5.91 Å². The molecule has 4 aromatic rings. The summed E-state index contributed by atoms with van der Waals surface area (Å²) < 4.78 is 15.4. The van der Waals surface area contributed by atoms with Gasteiger partial charge in [0.05, 0.1) is 16.8 Å². The zero-order valence-corrected chi connectivity index (χ0v) is 21.2. The van der Waals surface area contributed by atoms with Gasteiger partial charge in [-0.2, -0.15) is 0 Å². The minimum atomic E-state index is -1.79. The highest BCUT2D eigenvalue weighted by atomic mass is 79.9. The highest BCUT2D eigenvalue weighted by Crippen LogP contribution is 2.34. The van der Waals surface area contributed by atoms with E-state index in [4.69, 9.17) is 16.6 Å². The van der Waals surface area contributed by atoms with Crippen molar-refractivity contribution in [3.05, 3.63) is 98.7 Å². The molecule has 0 radical (unpaired) electrons. The number of aliphatic carboxylic acids is 1. The van der Waals surface area contributed by atoms with Crippen molar-refractivity contribution >= 4 is 50.3 Å². The first-order valence-corrected chi connectivity index (χ1v) is 11.9. The van der Waals surface area contributed by atoms with Crippen molar-refractivity contribution < 1.29 is 19.1 Å². The number of rotatable bonds is 6. The SMILES string of the molecule is Cc1c(-c2ccccc2)nc2ccc(Br)cc2c1C(=O)NC[C@](C)(C(=O)O)c1c(F)cccc1Cl. The fourth-order valence-electron chi connectivity index (χ4n) is 4.14. The molecule has 35 heavy (non-hydrogen) atoms. The summed E-state index contributed by atoms with van der Waals surface area (Å²) in [6, 6.07) is 18.9. The lowest BCUT2D eigenvalue weighted by molar-refractivity contribution is -0.143. The number of nitrogens with one attached hydrogen (secondary N) is 1. The maximum atomic E-state index is 14.6. The van der Waals surface area contributed by atoms with Crippen LogP contribution in [0.2, 0.25) is 5.02 Å². The number of hydrogen-bond donors (Lipinski definition) is 2. The minimum absolute atomic E-state index is 0.0232. The number of carbonyl (C=O) groups is 2. The van der Waals surface area contributed by atoms with Crippen LogP contribution in [0.1, 0.15) is 28.4 Å². The third-order valence-corrected chi connectivity index (χ3v) is 6.86. The van der Waals surface area contributed by atoms with Crippen molar-refractivity contribution in [3.63, 3.8) is 0 Å². The molecular weight excluding hydrogens is 535 g/mol. The van der Waals surface area contributed by atoms with Gasteiger partial charge in [0.1, 0.15) is 11.2 Å². The van der Waals surface area contributed by atoms with Gasteiger partial charge in [-0.05, 0) is 49.7 Å². The Balaban J connectivity index is 1.80. The topological polar surface area (TPSA) is 79.3 Å². The van der Waals surface area contributed by atoms with Gasteiger partial charge in [0.2, 0.25) is 0 Å². The molecule has 5 nitrogen and oxygen atoms in total. The maximum absolute atomic E-state index is 14.6. The molecular formula is C27H21BrClFN2O3. The molecule has 0 spiro atoms. The van der Waals surface area contributed by atoms with Gasteiger partial charge in [-0.25, -0.2) is 9.37 Å². The lowest BCUT2D eigenvalue weighted by atomic mass is 9.81. The Kier molecular flexibility index (Phi) is 6.92. The predicted molar refractivity (Wildman–Crippen MR) is 138 cm³/mol. The number of carboxylic acid groups (broad SMARTS) is 1. The molecule has 8 heteroatoms. The zero-order valence-electron chi connectivity index (χ0n) is 18.9. The van der Waals surface area contributed by atoms with E-state index < -0.39 is 23.1 Å². The summed E-state index contributed by atoms with van der Waals surface area (Å²) in [5.41, 5.74) is 1.13. The van der Waals surface area contributed by atoms with Crippen LogP contribution in [0.5, 0.6) is 0 Å². The molecule has 1 amide bonds. The van der Waals surface area contributed by atoms with Gasteiger partial charge >= 0.3 is 5.97 Å². The smallest absolute Gasteiger partial charge is 0.315 e. The molecule has 0 fully saturated rings. The van der Waals surface area contributed by atoms with E-state index >= 15 is 0 Å². The summed E-state index contributed by atoms with van der Waals surface area (Å²) in [7, 11) is 0. The molecule has 3 aromatic carbocycles. The fraction of sp³-hybridized carbons (Fsp3) is 0.148. The van der Waals surface area contributed by atoms with E-state index in [-0.39, 0.29) is 17.1 Å². The Labute approximate surface area is 215 Å². The first-order valence-electron chi connectivity index (χ1n) is 10.7. The van der Waals surface area contributed by atoms with Crippen molar-refractivity contribution in [2.45, 2.75) is 19.3 Å². The summed E-state index contributed by atoms with van der Waals surface area (Å²) >= 11 is 9.62. The summed E-state index contributed by atoms with van der Waals surface area (Å²) in [5, 5.41) is 13.3. The summed E-state index contributed by atoms with van der Waals surface area (Å²) in [6.45, 7) is 2.76. The Morgan fingerprint density at radius 1 is 1.11 bits per heavy atom. The van der Waals surface area contributed by atoms with Gasteiger partial charge in [-0.15, -0.1) is 0 Å². The number of nitrogens with zero attached hydrogens (tertiary/aromatic N) is 1. The van der Waals surface area contributed by atoms with Crippen LogP contribution in [0.3, 0.4) is 0 Å². The van der Waals surface area contributed by atoms with E-state index in [1.165, 1.54) is 19.1 Å². The third-order valence-electron chi connectivity index (χ3n) is 6.05. The van der Waals surface area contributed by atoms with Crippen molar-refractivity contribution in [1.29, 1.82) is 0 Å². The van der Waals surface area contributed by atoms with Crippen molar-refractivity contribution in [3.8, 4) is 11.3 Å². The summed E-state index contributed by atoms with van der Waals surface area (Å²) in [4.78, 5) is 30.6. The second-order valence-electron chi connectivity index (χ2n) is 8.40. The van der Waals surface area contributed by atoms with Crippen LogP contribution in [0.25, 0.3) is 22.2 Å². The van der Waals surface area contributed by atoms with Crippen LogP contribution >= 0.6 is 27.5 Å². The third kappa shape index (κ3) is 4.66.